The van der Waals surface area contributed by atoms with Crippen molar-refractivity contribution < 1.29 is 0 Å². The Balaban J connectivity index is 1.56. The zero-order chi connectivity index (χ0) is 18.8. The van der Waals surface area contributed by atoms with E-state index < -0.39 is 0 Å². The Hall–Kier alpha value is -3.25. The third kappa shape index (κ3) is 3.23. The smallest absolute Gasteiger partial charge is 0.162 e. The van der Waals surface area contributed by atoms with E-state index in [4.69, 9.17) is 5.10 Å². The summed E-state index contributed by atoms with van der Waals surface area (Å²) >= 11 is 0. The number of benzene rings is 2. The molecule has 1 aliphatic rings. The lowest BCUT2D eigenvalue weighted by atomic mass is 9.90. The van der Waals surface area contributed by atoms with Gasteiger partial charge in [-0.25, -0.2) is 9.67 Å². The van der Waals surface area contributed by atoms with Crippen molar-refractivity contribution >= 4 is 22.5 Å². The van der Waals surface area contributed by atoms with E-state index in [1.807, 2.05) is 16.8 Å². The number of piperidine rings is 1. The molecule has 0 bridgehead atoms. The van der Waals surface area contributed by atoms with Crippen molar-refractivity contribution in [3.8, 4) is 5.69 Å². The predicted octanol–water partition coefficient (Wildman–Crippen LogP) is 4.03. The lowest BCUT2D eigenvalue weighted by Gasteiger charge is -2.23. The van der Waals surface area contributed by atoms with Crippen molar-refractivity contribution in [3.05, 3.63) is 72.7 Å². The SMILES string of the molecule is c1cc(C2CCNCC2)cc(-n2nc(Nc3cnccn3)c3ccccc32)c1. The molecule has 4 aromatic rings. The number of nitrogens with zero attached hydrogens (tertiary/aromatic N) is 4. The van der Waals surface area contributed by atoms with Crippen LogP contribution in [-0.2, 0) is 0 Å². The Labute approximate surface area is 163 Å². The highest BCUT2D eigenvalue weighted by molar-refractivity contribution is 5.92. The van der Waals surface area contributed by atoms with Crippen LogP contribution >= 0.6 is 0 Å². The molecule has 0 aliphatic carbocycles. The number of fused-ring (bicyclic) bond motifs is 1. The fourth-order valence-electron chi connectivity index (χ4n) is 3.91. The minimum absolute atomic E-state index is 0.611. The van der Waals surface area contributed by atoms with Gasteiger partial charge < -0.3 is 10.6 Å². The molecule has 1 fully saturated rings. The average molecular weight is 370 g/mol. The Morgan fingerprint density at radius 1 is 1.00 bits per heavy atom. The molecule has 1 aliphatic heterocycles. The summed E-state index contributed by atoms with van der Waals surface area (Å²) in [4.78, 5) is 8.43. The van der Waals surface area contributed by atoms with Gasteiger partial charge in [0.05, 0.1) is 17.4 Å². The number of hydrogen-bond donors (Lipinski definition) is 2. The molecular weight excluding hydrogens is 348 g/mol. The number of para-hydroxylation sites is 1. The van der Waals surface area contributed by atoms with Crippen molar-refractivity contribution in [2.75, 3.05) is 18.4 Å². The first-order valence-corrected chi connectivity index (χ1v) is 9.70. The maximum atomic E-state index is 4.87. The summed E-state index contributed by atoms with van der Waals surface area (Å²) in [5, 5.41) is 12.7. The van der Waals surface area contributed by atoms with Crippen LogP contribution in [0.2, 0.25) is 0 Å². The number of aromatic nitrogens is 4. The van der Waals surface area contributed by atoms with Crippen molar-refractivity contribution in [1.29, 1.82) is 0 Å². The van der Waals surface area contributed by atoms with E-state index >= 15 is 0 Å². The highest BCUT2D eigenvalue weighted by Crippen LogP contribution is 2.30. The highest BCUT2D eigenvalue weighted by atomic mass is 15.3. The van der Waals surface area contributed by atoms with Crippen LogP contribution in [0, 0.1) is 0 Å². The van der Waals surface area contributed by atoms with Gasteiger partial charge in [-0.1, -0.05) is 24.3 Å². The van der Waals surface area contributed by atoms with Gasteiger partial charge in [0.1, 0.15) is 5.82 Å². The molecule has 6 nitrogen and oxygen atoms in total. The van der Waals surface area contributed by atoms with Gasteiger partial charge in [0.15, 0.2) is 5.82 Å². The Bertz CT molecular complexity index is 1080. The summed E-state index contributed by atoms with van der Waals surface area (Å²) in [6, 6.07) is 17.0. The maximum absolute atomic E-state index is 4.87. The molecule has 0 atom stereocenters. The van der Waals surface area contributed by atoms with E-state index in [1.165, 1.54) is 18.4 Å². The molecule has 0 radical (unpaired) electrons. The molecule has 6 heteroatoms. The Morgan fingerprint density at radius 2 is 1.89 bits per heavy atom. The molecule has 2 N–H and O–H groups in total. The number of rotatable bonds is 4. The minimum atomic E-state index is 0.611. The topological polar surface area (TPSA) is 67.7 Å². The zero-order valence-corrected chi connectivity index (χ0v) is 15.5. The van der Waals surface area contributed by atoms with Gasteiger partial charge in [0.2, 0.25) is 0 Å². The van der Waals surface area contributed by atoms with Gasteiger partial charge in [-0.05, 0) is 61.7 Å². The molecule has 3 heterocycles. The van der Waals surface area contributed by atoms with Crippen molar-refractivity contribution in [2.45, 2.75) is 18.8 Å². The molecule has 0 saturated carbocycles. The van der Waals surface area contributed by atoms with Gasteiger partial charge in [0, 0.05) is 17.8 Å². The number of nitrogens with one attached hydrogen (secondary N) is 2. The van der Waals surface area contributed by atoms with E-state index in [2.05, 4.69) is 57.0 Å². The number of hydrogen-bond acceptors (Lipinski definition) is 5. The lowest BCUT2D eigenvalue weighted by molar-refractivity contribution is 0.460. The van der Waals surface area contributed by atoms with Gasteiger partial charge in [-0.2, -0.15) is 0 Å². The summed E-state index contributed by atoms with van der Waals surface area (Å²) in [5.74, 6) is 2.07. The van der Waals surface area contributed by atoms with Crippen LogP contribution in [0.25, 0.3) is 16.6 Å². The summed E-state index contributed by atoms with van der Waals surface area (Å²) in [7, 11) is 0. The monoisotopic (exact) mass is 370 g/mol. The Morgan fingerprint density at radius 3 is 2.75 bits per heavy atom. The molecule has 28 heavy (non-hydrogen) atoms. The highest BCUT2D eigenvalue weighted by Gasteiger charge is 2.17. The first-order valence-electron chi connectivity index (χ1n) is 9.70. The molecule has 0 unspecified atom stereocenters. The molecule has 5 rings (SSSR count). The second kappa shape index (κ2) is 7.40. The average Bonchev–Trinajstić information content (AvgIpc) is 3.14. The summed E-state index contributed by atoms with van der Waals surface area (Å²) in [5.41, 5.74) is 3.54. The van der Waals surface area contributed by atoms with Crippen LogP contribution in [0.4, 0.5) is 11.6 Å². The van der Waals surface area contributed by atoms with Gasteiger partial charge >= 0.3 is 0 Å². The van der Waals surface area contributed by atoms with Crippen LogP contribution in [0.3, 0.4) is 0 Å². The third-order valence-electron chi connectivity index (χ3n) is 5.32. The molecule has 0 spiro atoms. The minimum Gasteiger partial charge on any atom is -0.322 e. The fourth-order valence-corrected chi connectivity index (χ4v) is 3.91. The van der Waals surface area contributed by atoms with Crippen LogP contribution < -0.4 is 10.6 Å². The van der Waals surface area contributed by atoms with E-state index in [1.54, 1.807) is 18.6 Å². The first kappa shape index (κ1) is 16.9. The van der Waals surface area contributed by atoms with Crippen molar-refractivity contribution in [1.82, 2.24) is 25.1 Å². The quantitative estimate of drug-likeness (QED) is 0.568. The summed E-state index contributed by atoms with van der Waals surface area (Å²) in [6.45, 7) is 2.18. The number of anilines is 2. The lowest BCUT2D eigenvalue weighted by Crippen LogP contribution is -2.26. The maximum Gasteiger partial charge on any atom is 0.162 e. The Kier molecular flexibility index (Phi) is 4.47. The van der Waals surface area contributed by atoms with Crippen molar-refractivity contribution in [3.63, 3.8) is 0 Å². The zero-order valence-electron chi connectivity index (χ0n) is 15.5. The molecule has 0 amide bonds. The van der Waals surface area contributed by atoms with Crippen LogP contribution in [0.1, 0.15) is 24.3 Å². The third-order valence-corrected chi connectivity index (χ3v) is 5.32. The predicted molar refractivity (Wildman–Crippen MR) is 111 cm³/mol. The molecular formula is C22H22N6. The van der Waals surface area contributed by atoms with Gasteiger partial charge in [-0.15, -0.1) is 5.10 Å². The van der Waals surface area contributed by atoms with Crippen LogP contribution in [0.15, 0.2) is 67.1 Å². The molecule has 2 aromatic carbocycles. The fraction of sp³-hybridized carbons (Fsp3) is 0.227. The van der Waals surface area contributed by atoms with Crippen LogP contribution in [-0.4, -0.2) is 32.8 Å². The normalized spacial score (nSPS) is 15.0. The van der Waals surface area contributed by atoms with E-state index in [9.17, 15) is 0 Å². The first-order chi connectivity index (χ1) is 13.9. The van der Waals surface area contributed by atoms with E-state index in [-0.39, 0.29) is 0 Å². The summed E-state index contributed by atoms with van der Waals surface area (Å²) < 4.78 is 2.01. The van der Waals surface area contributed by atoms with Crippen molar-refractivity contribution in [2.24, 2.45) is 0 Å². The standard InChI is InChI=1S/C22H22N6/c1-2-7-20-19(6-1)22(26-21-15-24-12-13-25-21)27-28(20)18-5-3-4-17(14-18)16-8-10-23-11-9-16/h1-7,12-16,23H,8-11H2,(H,25,26,27). The van der Waals surface area contributed by atoms with Gasteiger partial charge in [0.25, 0.3) is 0 Å². The van der Waals surface area contributed by atoms with Gasteiger partial charge in [-0.3, -0.25) is 4.98 Å². The van der Waals surface area contributed by atoms with E-state index in [0.29, 0.717) is 11.7 Å². The second-order valence-corrected chi connectivity index (χ2v) is 7.11. The second-order valence-electron chi connectivity index (χ2n) is 7.11. The largest absolute Gasteiger partial charge is 0.322 e. The molecule has 1 saturated heterocycles. The summed E-state index contributed by atoms with van der Waals surface area (Å²) in [6.07, 6.45) is 7.40. The molecule has 2 aromatic heterocycles. The molecule has 140 valence electrons. The van der Waals surface area contributed by atoms with E-state index in [0.717, 1.165) is 35.5 Å². The van der Waals surface area contributed by atoms with Crippen LogP contribution in [0.5, 0.6) is 0 Å².